The molecule has 6 nitrogen and oxygen atoms in total. The molecule has 0 N–H and O–H groups in total. The predicted octanol–water partition coefficient (Wildman–Crippen LogP) is 4.98. The van der Waals surface area contributed by atoms with Crippen LogP contribution in [0.4, 0.5) is 13.2 Å². The maximum Gasteiger partial charge on any atom is 0.432 e. The van der Waals surface area contributed by atoms with Crippen LogP contribution in [0.2, 0.25) is 0 Å². The fourth-order valence-corrected chi connectivity index (χ4v) is 4.15. The van der Waals surface area contributed by atoms with Gasteiger partial charge in [0.25, 0.3) is 5.60 Å². The van der Waals surface area contributed by atoms with Crippen molar-refractivity contribution in [3.8, 4) is 5.75 Å². The highest BCUT2D eigenvalue weighted by Gasteiger charge is 2.64. The van der Waals surface area contributed by atoms with E-state index in [4.69, 9.17) is 18.9 Å². The molecule has 0 bridgehead atoms. The quantitative estimate of drug-likeness (QED) is 0.472. The van der Waals surface area contributed by atoms with Gasteiger partial charge in [0.2, 0.25) is 0 Å². The third kappa shape index (κ3) is 5.04. The molecule has 34 heavy (non-hydrogen) atoms. The first-order chi connectivity index (χ1) is 16.1. The SMILES string of the molecule is COc1cccc2c1C(=O)O[C@H](CCC[C@H](C)OC(=O)[C@@](OC)(c1ccccc1)C(F)(F)F)C2. The minimum atomic E-state index is -5.02. The van der Waals surface area contributed by atoms with E-state index in [1.54, 1.807) is 18.2 Å². The van der Waals surface area contributed by atoms with E-state index in [9.17, 15) is 22.8 Å². The highest BCUT2D eigenvalue weighted by Crippen LogP contribution is 2.43. The molecule has 0 amide bonds. The van der Waals surface area contributed by atoms with E-state index in [2.05, 4.69) is 0 Å². The van der Waals surface area contributed by atoms with E-state index < -0.39 is 29.8 Å². The molecule has 0 fully saturated rings. The van der Waals surface area contributed by atoms with Crippen LogP contribution in [-0.4, -0.2) is 44.5 Å². The molecule has 2 aromatic rings. The first-order valence-electron chi connectivity index (χ1n) is 10.9. The molecular formula is C25H27F3O6. The number of esters is 2. The number of methoxy groups -OCH3 is 2. The number of carbonyl (C=O) groups excluding carboxylic acids is 2. The molecule has 2 aromatic carbocycles. The number of alkyl halides is 3. The Morgan fingerprint density at radius 1 is 1.12 bits per heavy atom. The van der Waals surface area contributed by atoms with Crippen molar-refractivity contribution < 1.29 is 41.7 Å². The first-order valence-corrected chi connectivity index (χ1v) is 10.9. The molecule has 0 saturated carbocycles. The molecule has 0 saturated heterocycles. The summed E-state index contributed by atoms with van der Waals surface area (Å²) < 4.78 is 62.6. The van der Waals surface area contributed by atoms with Crippen molar-refractivity contribution in [3.05, 3.63) is 65.2 Å². The minimum Gasteiger partial charge on any atom is -0.496 e. The predicted molar refractivity (Wildman–Crippen MR) is 116 cm³/mol. The molecular weight excluding hydrogens is 453 g/mol. The number of halogens is 3. The molecule has 184 valence electrons. The van der Waals surface area contributed by atoms with Crippen molar-refractivity contribution in [1.82, 2.24) is 0 Å². The second kappa shape index (κ2) is 10.5. The molecule has 3 rings (SSSR count). The number of rotatable bonds is 9. The Hall–Kier alpha value is -3.07. The van der Waals surface area contributed by atoms with Crippen LogP contribution in [0.3, 0.4) is 0 Å². The van der Waals surface area contributed by atoms with E-state index >= 15 is 0 Å². The van der Waals surface area contributed by atoms with Crippen molar-refractivity contribution in [2.45, 2.75) is 56.6 Å². The van der Waals surface area contributed by atoms with Gasteiger partial charge in [0.05, 0.1) is 13.2 Å². The van der Waals surface area contributed by atoms with Crippen LogP contribution >= 0.6 is 0 Å². The topological polar surface area (TPSA) is 71.1 Å². The number of ether oxygens (including phenoxy) is 4. The molecule has 0 aromatic heterocycles. The summed E-state index contributed by atoms with van der Waals surface area (Å²) in [5, 5.41) is 0. The zero-order valence-electron chi connectivity index (χ0n) is 19.2. The summed E-state index contributed by atoms with van der Waals surface area (Å²) in [5.41, 5.74) is -2.35. The summed E-state index contributed by atoms with van der Waals surface area (Å²) in [6.45, 7) is 1.52. The lowest BCUT2D eigenvalue weighted by molar-refractivity contribution is -0.278. The Morgan fingerprint density at radius 3 is 2.44 bits per heavy atom. The van der Waals surface area contributed by atoms with Crippen LogP contribution < -0.4 is 4.74 Å². The number of hydrogen-bond donors (Lipinski definition) is 0. The summed E-state index contributed by atoms with van der Waals surface area (Å²) >= 11 is 0. The van der Waals surface area contributed by atoms with E-state index in [1.165, 1.54) is 38.3 Å². The van der Waals surface area contributed by atoms with Gasteiger partial charge in [-0.25, -0.2) is 9.59 Å². The van der Waals surface area contributed by atoms with Crippen LogP contribution in [0, 0.1) is 0 Å². The summed E-state index contributed by atoms with van der Waals surface area (Å²) in [6.07, 6.45) is -4.48. The smallest absolute Gasteiger partial charge is 0.432 e. The zero-order chi connectivity index (χ0) is 24.9. The third-order valence-electron chi connectivity index (χ3n) is 5.88. The van der Waals surface area contributed by atoms with Gasteiger partial charge in [-0.05, 0) is 37.8 Å². The fraction of sp³-hybridized carbons (Fsp3) is 0.440. The minimum absolute atomic E-state index is 0.289. The van der Waals surface area contributed by atoms with E-state index in [-0.39, 0.29) is 18.1 Å². The Kier molecular flexibility index (Phi) is 7.86. The molecule has 1 aliphatic heterocycles. The molecule has 1 aliphatic rings. The molecule has 0 radical (unpaired) electrons. The normalized spacial score (nSPS) is 18.3. The van der Waals surface area contributed by atoms with Crippen LogP contribution in [0.25, 0.3) is 0 Å². The lowest BCUT2D eigenvalue weighted by Crippen LogP contribution is -2.52. The van der Waals surface area contributed by atoms with Gasteiger partial charge in [-0.1, -0.05) is 42.5 Å². The molecule has 0 spiro atoms. The van der Waals surface area contributed by atoms with Gasteiger partial charge < -0.3 is 18.9 Å². The maximum atomic E-state index is 14.0. The molecule has 9 heteroatoms. The summed E-state index contributed by atoms with van der Waals surface area (Å²) in [5.74, 6) is -1.54. The van der Waals surface area contributed by atoms with Gasteiger partial charge in [0, 0.05) is 19.1 Å². The van der Waals surface area contributed by atoms with Crippen LogP contribution in [0.1, 0.15) is 47.7 Å². The molecule has 1 heterocycles. The van der Waals surface area contributed by atoms with Crippen molar-refractivity contribution in [3.63, 3.8) is 0 Å². The van der Waals surface area contributed by atoms with E-state index in [1.807, 2.05) is 6.07 Å². The van der Waals surface area contributed by atoms with E-state index in [0.29, 0.717) is 30.6 Å². The Labute approximate surface area is 196 Å². The first kappa shape index (κ1) is 25.6. The average Bonchev–Trinajstić information content (AvgIpc) is 2.79. The third-order valence-corrected chi connectivity index (χ3v) is 5.88. The summed E-state index contributed by atoms with van der Waals surface area (Å²) in [4.78, 5) is 25.1. The van der Waals surface area contributed by atoms with Crippen LogP contribution in [0.15, 0.2) is 48.5 Å². The van der Waals surface area contributed by atoms with Crippen LogP contribution in [-0.2, 0) is 31.0 Å². The number of benzene rings is 2. The van der Waals surface area contributed by atoms with Crippen molar-refractivity contribution in [2.75, 3.05) is 14.2 Å². The zero-order valence-corrected chi connectivity index (χ0v) is 19.2. The van der Waals surface area contributed by atoms with Gasteiger partial charge in [-0.2, -0.15) is 13.2 Å². The van der Waals surface area contributed by atoms with Gasteiger partial charge >= 0.3 is 18.1 Å². The standard InChI is InChI=1S/C25H27F3O6/c1-16(33-23(30)24(32-3,25(26,27)28)18-11-5-4-6-12-18)9-7-13-19-15-17-10-8-14-20(31-2)21(17)22(29)34-19/h4-6,8,10-12,14,16,19H,7,9,13,15H2,1-3H3/t16-,19+,24-/m0/s1. The van der Waals surface area contributed by atoms with Crippen molar-refractivity contribution >= 4 is 11.9 Å². The van der Waals surface area contributed by atoms with E-state index in [0.717, 1.165) is 12.7 Å². The van der Waals surface area contributed by atoms with Crippen molar-refractivity contribution in [1.29, 1.82) is 0 Å². The number of cyclic esters (lactones) is 1. The van der Waals surface area contributed by atoms with Gasteiger partial charge in [0.15, 0.2) is 0 Å². The second-order valence-corrected chi connectivity index (χ2v) is 8.12. The highest BCUT2D eigenvalue weighted by atomic mass is 19.4. The summed E-state index contributed by atoms with van der Waals surface area (Å²) in [7, 11) is 2.31. The molecule has 3 atom stereocenters. The molecule has 0 aliphatic carbocycles. The monoisotopic (exact) mass is 480 g/mol. The fourth-order valence-electron chi connectivity index (χ4n) is 4.15. The van der Waals surface area contributed by atoms with Crippen LogP contribution in [0.5, 0.6) is 5.75 Å². The molecule has 0 unspecified atom stereocenters. The van der Waals surface area contributed by atoms with Crippen molar-refractivity contribution in [2.24, 2.45) is 0 Å². The van der Waals surface area contributed by atoms with Gasteiger partial charge in [-0.3, -0.25) is 0 Å². The number of fused-ring (bicyclic) bond motifs is 1. The Balaban J connectivity index is 1.61. The van der Waals surface area contributed by atoms with Gasteiger partial charge in [0.1, 0.15) is 17.4 Å². The highest BCUT2D eigenvalue weighted by molar-refractivity contribution is 5.95. The Morgan fingerprint density at radius 2 is 1.82 bits per heavy atom. The average molecular weight is 480 g/mol. The van der Waals surface area contributed by atoms with Gasteiger partial charge in [-0.15, -0.1) is 0 Å². The summed E-state index contributed by atoms with van der Waals surface area (Å²) in [6, 6.07) is 12.0. The lowest BCUT2D eigenvalue weighted by Gasteiger charge is -2.33. The Bertz CT molecular complexity index is 1010. The number of carbonyl (C=O) groups is 2. The second-order valence-electron chi connectivity index (χ2n) is 8.12. The largest absolute Gasteiger partial charge is 0.496 e. The maximum absolute atomic E-state index is 14.0. The number of hydrogen-bond acceptors (Lipinski definition) is 6. The lowest BCUT2D eigenvalue weighted by atomic mass is 9.92.